The summed E-state index contributed by atoms with van der Waals surface area (Å²) in [6, 6.07) is 5.97. The molecule has 0 aliphatic carbocycles. The number of amides is 2. The standard InChI is InChI=1S/C22H28N6O3/c1-14-6-7-17(21(30)28(14)22(24)31)16-8-9-18(25-19(16)23)27-12-4-5-15(13-27)20(29)26-10-2-3-11-26/h6-9,15H,2-5,10-13H2,1H3,(H2,23,25)(H2,24,31)/t15-/m1/s1. The SMILES string of the molecule is Cc1ccc(-c2ccc(N3CCC[C@@H](C(=O)N4CCCC4)C3)nc2N)c(=O)n1C(N)=O. The third kappa shape index (κ3) is 3.99. The van der Waals surface area contributed by atoms with Gasteiger partial charge in [-0.1, -0.05) is 0 Å². The van der Waals surface area contributed by atoms with E-state index < -0.39 is 11.6 Å². The number of aromatic nitrogens is 2. The van der Waals surface area contributed by atoms with E-state index in [9.17, 15) is 14.4 Å². The van der Waals surface area contributed by atoms with Gasteiger partial charge in [-0.05, 0) is 56.9 Å². The van der Waals surface area contributed by atoms with Gasteiger partial charge in [0.1, 0.15) is 11.6 Å². The van der Waals surface area contributed by atoms with Crippen LogP contribution < -0.4 is 21.9 Å². The molecule has 2 aromatic heterocycles. The van der Waals surface area contributed by atoms with Crippen LogP contribution in [0.5, 0.6) is 0 Å². The molecular formula is C22H28N6O3. The minimum atomic E-state index is -0.838. The average Bonchev–Trinajstić information content (AvgIpc) is 3.28. The predicted octanol–water partition coefficient (Wildman–Crippen LogP) is 1.57. The highest BCUT2D eigenvalue weighted by Gasteiger charge is 2.31. The van der Waals surface area contributed by atoms with E-state index in [1.54, 1.807) is 25.1 Å². The summed E-state index contributed by atoms with van der Waals surface area (Å²) in [5, 5.41) is 0. The van der Waals surface area contributed by atoms with Crippen LogP contribution in [0.15, 0.2) is 29.1 Å². The molecule has 4 N–H and O–H groups in total. The molecule has 2 fully saturated rings. The summed E-state index contributed by atoms with van der Waals surface area (Å²) in [4.78, 5) is 45.8. The molecule has 0 unspecified atom stereocenters. The Bertz CT molecular complexity index is 1070. The normalized spacial score (nSPS) is 18.9. The van der Waals surface area contributed by atoms with Crippen LogP contribution in [0, 0.1) is 12.8 Å². The zero-order valence-corrected chi connectivity index (χ0v) is 17.7. The van der Waals surface area contributed by atoms with Crippen molar-refractivity contribution < 1.29 is 9.59 Å². The molecule has 2 aliphatic heterocycles. The van der Waals surface area contributed by atoms with Gasteiger partial charge in [0.25, 0.3) is 5.56 Å². The molecule has 0 radical (unpaired) electrons. The minimum Gasteiger partial charge on any atom is -0.383 e. The number of nitrogens with two attached hydrogens (primary N) is 2. The van der Waals surface area contributed by atoms with Gasteiger partial charge in [0, 0.05) is 37.4 Å². The molecule has 1 atom stereocenters. The molecule has 0 saturated carbocycles. The van der Waals surface area contributed by atoms with Crippen molar-refractivity contribution in [2.24, 2.45) is 11.7 Å². The molecule has 0 aromatic carbocycles. The van der Waals surface area contributed by atoms with Gasteiger partial charge in [0.2, 0.25) is 5.91 Å². The first kappa shape index (κ1) is 20.9. The van der Waals surface area contributed by atoms with Crippen LogP contribution in [0.3, 0.4) is 0 Å². The van der Waals surface area contributed by atoms with Crippen LogP contribution in [0.25, 0.3) is 11.1 Å². The van der Waals surface area contributed by atoms with Crippen molar-refractivity contribution in [3.05, 3.63) is 40.3 Å². The zero-order valence-electron chi connectivity index (χ0n) is 17.7. The Morgan fingerprint density at radius 1 is 1.03 bits per heavy atom. The molecule has 2 aliphatic rings. The topological polar surface area (TPSA) is 128 Å². The van der Waals surface area contributed by atoms with Gasteiger partial charge in [-0.3, -0.25) is 9.59 Å². The summed E-state index contributed by atoms with van der Waals surface area (Å²) in [7, 11) is 0. The van der Waals surface area contributed by atoms with Crippen molar-refractivity contribution in [2.45, 2.75) is 32.6 Å². The van der Waals surface area contributed by atoms with E-state index >= 15 is 0 Å². The van der Waals surface area contributed by atoms with E-state index in [2.05, 4.69) is 9.88 Å². The molecule has 164 valence electrons. The fraction of sp³-hybridized carbons (Fsp3) is 0.455. The lowest BCUT2D eigenvalue weighted by atomic mass is 9.96. The van der Waals surface area contributed by atoms with E-state index in [1.165, 1.54) is 0 Å². The van der Waals surface area contributed by atoms with E-state index in [4.69, 9.17) is 11.5 Å². The molecule has 2 aromatic rings. The summed E-state index contributed by atoms with van der Waals surface area (Å²) in [6.45, 7) is 4.76. The predicted molar refractivity (Wildman–Crippen MR) is 119 cm³/mol. The maximum absolute atomic E-state index is 12.8. The van der Waals surface area contributed by atoms with Crippen molar-refractivity contribution in [1.82, 2.24) is 14.5 Å². The number of nitrogens with zero attached hydrogens (tertiary/aromatic N) is 4. The highest BCUT2D eigenvalue weighted by molar-refractivity contribution is 5.81. The number of hydrogen-bond acceptors (Lipinski definition) is 6. The van der Waals surface area contributed by atoms with Gasteiger partial charge >= 0.3 is 6.03 Å². The lowest BCUT2D eigenvalue weighted by molar-refractivity contribution is -0.134. The van der Waals surface area contributed by atoms with Crippen LogP contribution in [0.2, 0.25) is 0 Å². The molecular weight excluding hydrogens is 396 g/mol. The number of primary amides is 1. The Hall–Kier alpha value is -3.36. The number of rotatable bonds is 3. The van der Waals surface area contributed by atoms with Crippen molar-refractivity contribution >= 4 is 23.6 Å². The Balaban J connectivity index is 1.58. The minimum absolute atomic E-state index is 0.0329. The summed E-state index contributed by atoms with van der Waals surface area (Å²) in [6.07, 6.45) is 3.96. The van der Waals surface area contributed by atoms with Gasteiger partial charge in [-0.15, -0.1) is 0 Å². The second-order valence-electron chi connectivity index (χ2n) is 8.29. The summed E-state index contributed by atoms with van der Waals surface area (Å²) in [5.41, 5.74) is 12.2. The third-order valence-electron chi connectivity index (χ3n) is 6.21. The number of aryl methyl sites for hydroxylation is 1. The molecule has 2 amide bonds. The van der Waals surface area contributed by atoms with Crippen molar-refractivity contribution in [2.75, 3.05) is 36.8 Å². The van der Waals surface area contributed by atoms with Gasteiger partial charge < -0.3 is 21.3 Å². The van der Waals surface area contributed by atoms with Crippen LogP contribution >= 0.6 is 0 Å². The van der Waals surface area contributed by atoms with E-state index in [1.807, 2.05) is 11.0 Å². The van der Waals surface area contributed by atoms with E-state index in [0.717, 1.165) is 49.9 Å². The molecule has 31 heavy (non-hydrogen) atoms. The number of anilines is 2. The van der Waals surface area contributed by atoms with Crippen LogP contribution in [-0.4, -0.2) is 52.6 Å². The number of pyridine rings is 2. The molecule has 9 heteroatoms. The number of likely N-dealkylation sites (tertiary alicyclic amines) is 1. The maximum Gasteiger partial charge on any atom is 0.326 e. The molecule has 9 nitrogen and oxygen atoms in total. The van der Waals surface area contributed by atoms with Crippen LogP contribution in [-0.2, 0) is 4.79 Å². The highest BCUT2D eigenvalue weighted by atomic mass is 16.2. The van der Waals surface area contributed by atoms with Gasteiger partial charge in [-0.25, -0.2) is 14.3 Å². The third-order valence-corrected chi connectivity index (χ3v) is 6.21. The molecule has 0 spiro atoms. The number of carbonyl (C=O) groups is 2. The number of carbonyl (C=O) groups excluding carboxylic acids is 2. The Morgan fingerprint density at radius 3 is 2.42 bits per heavy atom. The van der Waals surface area contributed by atoms with E-state index in [-0.39, 0.29) is 23.2 Å². The molecule has 4 rings (SSSR count). The summed E-state index contributed by atoms with van der Waals surface area (Å²) >= 11 is 0. The second kappa shape index (κ2) is 8.41. The highest BCUT2D eigenvalue weighted by Crippen LogP contribution is 2.28. The lowest BCUT2D eigenvalue weighted by Crippen LogP contribution is -2.44. The Labute approximate surface area is 180 Å². The first-order valence-corrected chi connectivity index (χ1v) is 10.7. The molecule has 4 heterocycles. The largest absolute Gasteiger partial charge is 0.383 e. The van der Waals surface area contributed by atoms with Gasteiger partial charge in [0.05, 0.1) is 11.5 Å². The van der Waals surface area contributed by atoms with Crippen molar-refractivity contribution in [3.63, 3.8) is 0 Å². The second-order valence-corrected chi connectivity index (χ2v) is 8.29. The van der Waals surface area contributed by atoms with Crippen LogP contribution in [0.1, 0.15) is 31.4 Å². The quantitative estimate of drug-likeness (QED) is 0.770. The van der Waals surface area contributed by atoms with Gasteiger partial charge in [-0.2, -0.15) is 0 Å². The number of nitrogen functional groups attached to an aromatic ring is 1. The Kier molecular flexibility index (Phi) is 5.67. The van der Waals surface area contributed by atoms with Gasteiger partial charge in [0.15, 0.2) is 0 Å². The monoisotopic (exact) mass is 424 g/mol. The molecule has 2 saturated heterocycles. The first-order valence-electron chi connectivity index (χ1n) is 10.7. The van der Waals surface area contributed by atoms with Crippen molar-refractivity contribution in [1.29, 1.82) is 0 Å². The summed E-state index contributed by atoms with van der Waals surface area (Å²) < 4.78 is 0.919. The zero-order chi connectivity index (χ0) is 22.1. The number of piperidine rings is 1. The smallest absolute Gasteiger partial charge is 0.326 e. The maximum atomic E-state index is 12.8. The van der Waals surface area contributed by atoms with Crippen molar-refractivity contribution in [3.8, 4) is 11.1 Å². The first-order chi connectivity index (χ1) is 14.9. The van der Waals surface area contributed by atoms with Crippen LogP contribution in [0.4, 0.5) is 16.4 Å². The fourth-order valence-corrected chi connectivity index (χ4v) is 4.56. The molecule has 0 bridgehead atoms. The van der Waals surface area contributed by atoms with E-state index in [0.29, 0.717) is 23.6 Å². The fourth-order valence-electron chi connectivity index (χ4n) is 4.56. The average molecular weight is 425 g/mol. The lowest BCUT2D eigenvalue weighted by Gasteiger charge is -2.34. The number of hydrogen-bond donors (Lipinski definition) is 2. The Morgan fingerprint density at radius 2 is 1.74 bits per heavy atom. The summed E-state index contributed by atoms with van der Waals surface area (Å²) in [5.74, 6) is 1.08.